The molecule has 0 amide bonds. The molecule has 2 heterocycles. The Balaban J connectivity index is 1.89. The zero-order valence-corrected chi connectivity index (χ0v) is 13.8. The van der Waals surface area contributed by atoms with Gasteiger partial charge in [-0.3, -0.25) is 4.90 Å². The molecule has 1 aliphatic heterocycles. The molecule has 1 fully saturated rings. The summed E-state index contributed by atoms with van der Waals surface area (Å²) in [6, 6.07) is 8.70. The average Bonchev–Trinajstić information content (AvgIpc) is 2.76. The van der Waals surface area contributed by atoms with Crippen molar-refractivity contribution in [3.05, 3.63) is 34.7 Å². The van der Waals surface area contributed by atoms with E-state index < -0.39 is 0 Å². The summed E-state index contributed by atoms with van der Waals surface area (Å²) in [4.78, 5) is 3.95. The SMILES string of the molecule is CC1CN(Cc2c(CN)sc3ccccc23)CC(C)S1. The van der Waals surface area contributed by atoms with E-state index in [-0.39, 0.29) is 0 Å². The standard InChI is InChI=1S/C16H22N2S2/c1-11-8-18(9-12(2)19-11)10-14-13-5-3-4-6-15(13)20-16(14)7-17/h3-6,11-12H,7-10,17H2,1-2H3. The number of nitrogens with zero attached hydrogens (tertiary/aromatic N) is 1. The summed E-state index contributed by atoms with van der Waals surface area (Å²) >= 11 is 3.96. The second kappa shape index (κ2) is 6.06. The molecule has 2 nitrogen and oxygen atoms in total. The maximum Gasteiger partial charge on any atom is 0.0349 e. The van der Waals surface area contributed by atoms with E-state index in [4.69, 9.17) is 5.73 Å². The van der Waals surface area contributed by atoms with Crippen molar-refractivity contribution in [3.8, 4) is 0 Å². The van der Waals surface area contributed by atoms with Gasteiger partial charge in [0.1, 0.15) is 0 Å². The molecule has 3 rings (SSSR count). The van der Waals surface area contributed by atoms with Crippen molar-refractivity contribution in [3.63, 3.8) is 0 Å². The Hall–Kier alpha value is -0.550. The zero-order chi connectivity index (χ0) is 14.1. The molecule has 0 saturated carbocycles. The third kappa shape index (κ3) is 2.89. The van der Waals surface area contributed by atoms with Gasteiger partial charge >= 0.3 is 0 Å². The van der Waals surface area contributed by atoms with Crippen LogP contribution in [0.3, 0.4) is 0 Å². The van der Waals surface area contributed by atoms with E-state index in [2.05, 4.69) is 54.8 Å². The number of benzene rings is 1. The van der Waals surface area contributed by atoms with Crippen molar-refractivity contribution in [2.45, 2.75) is 37.4 Å². The van der Waals surface area contributed by atoms with E-state index in [1.165, 1.54) is 33.6 Å². The van der Waals surface area contributed by atoms with Crippen LogP contribution in [0.2, 0.25) is 0 Å². The third-order valence-electron chi connectivity index (χ3n) is 3.84. The molecule has 0 aliphatic carbocycles. The van der Waals surface area contributed by atoms with Gasteiger partial charge < -0.3 is 5.73 Å². The minimum Gasteiger partial charge on any atom is -0.326 e. The quantitative estimate of drug-likeness (QED) is 0.938. The van der Waals surface area contributed by atoms with Crippen molar-refractivity contribution in [2.75, 3.05) is 13.1 Å². The van der Waals surface area contributed by atoms with Gasteiger partial charge in [-0.1, -0.05) is 32.0 Å². The van der Waals surface area contributed by atoms with E-state index >= 15 is 0 Å². The average molecular weight is 306 g/mol. The van der Waals surface area contributed by atoms with Crippen LogP contribution in [0.5, 0.6) is 0 Å². The lowest BCUT2D eigenvalue weighted by Crippen LogP contribution is -2.39. The maximum absolute atomic E-state index is 5.96. The third-order valence-corrected chi connectivity index (χ3v) is 6.31. The van der Waals surface area contributed by atoms with Crippen LogP contribution in [0, 0.1) is 0 Å². The lowest BCUT2D eigenvalue weighted by molar-refractivity contribution is 0.263. The summed E-state index contributed by atoms with van der Waals surface area (Å²) in [7, 11) is 0. The smallest absolute Gasteiger partial charge is 0.0349 e. The van der Waals surface area contributed by atoms with Gasteiger partial charge in [0.25, 0.3) is 0 Å². The van der Waals surface area contributed by atoms with Gasteiger partial charge in [-0.15, -0.1) is 11.3 Å². The second-order valence-corrected chi connectivity index (χ2v) is 8.67. The van der Waals surface area contributed by atoms with Crippen LogP contribution in [0.4, 0.5) is 0 Å². The molecule has 2 atom stereocenters. The minimum absolute atomic E-state index is 0.655. The largest absolute Gasteiger partial charge is 0.326 e. The predicted molar refractivity (Wildman–Crippen MR) is 91.5 cm³/mol. The Labute approximate surface area is 129 Å². The second-order valence-electron chi connectivity index (χ2n) is 5.66. The molecule has 2 aromatic rings. The summed E-state index contributed by atoms with van der Waals surface area (Å²) in [6.07, 6.45) is 0. The number of fused-ring (bicyclic) bond motifs is 1. The summed E-state index contributed by atoms with van der Waals surface area (Å²) in [6.45, 7) is 8.74. The highest BCUT2D eigenvalue weighted by atomic mass is 32.2. The molecular weight excluding hydrogens is 284 g/mol. The number of thioether (sulfide) groups is 1. The highest BCUT2D eigenvalue weighted by Gasteiger charge is 2.23. The first kappa shape index (κ1) is 14.4. The summed E-state index contributed by atoms with van der Waals surface area (Å²) in [5.74, 6) is 0. The predicted octanol–water partition coefficient (Wildman–Crippen LogP) is 3.69. The minimum atomic E-state index is 0.655. The van der Waals surface area contributed by atoms with Crippen molar-refractivity contribution in [1.82, 2.24) is 4.90 Å². The van der Waals surface area contributed by atoms with Gasteiger partial charge in [0, 0.05) is 46.3 Å². The van der Waals surface area contributed by atoms with Crippen LogP contribution in [-0.2, 0) is 13.1 Å². The molecule has 0 spiro atoms. The first-order valence-corrected chi connectivity index (χ1v) is 9.00. The van der Waals surface area contributed by atoms with Crippen molar-refractivity contribution in [1.29, 1.82) is 0 Å². The molecule has 0 bridgehead atoms. The molecule has 1 aromatic heterocycles. The Bertz CT molecular complexity index is 583. The maximum atomic E-state index is 5.96. The van der Waals surface area contributed by atoms with E-state index in [0.29, 0.717) is 6.54 Å². The summed E-state index contributed by atoms with van der Waals surface area (Å²) < 4.78 is 1.37. The van der Waals surface area contributed by atoms with Gasteiger partial charge in [0.2, 0.25) is 0 Å². The highest BCUT2D eigenvalue weighted by molar-refractivity contribution is 8.00. The molecule has 4 heteroatoms. The van der Waals surface area contributed by atoms with Gasteiger partial charge in [0.05, 0.1) is 0 Å². The van der Waals surface area contributed by atoms with Gasteiger partial charge in [-0.05, 0) is 17.0 Å². The number of hydrogen-bond donors (Lipinski definition) is 1. The molecule has 2 N–H and O–H groups in total. The molecule has 0 radical (unpaired) electrons. The zero-order valence-electron chi connectivity index (χ0n) is 12.1. The summed E-state index contributed by atoms with van der Waals surface area (Å²) in [5.41, 5.74) is 7.42. The first-order valence-electron chi connectivity index (χ1n) is 7.24. The molecule has 20 heavy (non-hydrogen) atoms. The molecular formula is C16H22N2S2. The fraction of sp³-hybridized carbons (Fsp3) is 0.500. The van der Waals surface area contributed by atoms with Crippen LogP contribution in [-0.4, -0.2) is 28.5 Å². The normalized spacial score (nSPS) is 24.4. The van der Waals surface area contributed by atoms with Crippen LogP contribution in [0.25, 0.3) is 10.1 Å². The Kier molecular flexibility index (Phi) is 4.36. The number of nitrogens with two attached hydrogens (primary N) is 1. The Morgan fingerprint density at radius 1 is 1.20 bits per heavy atom. The fourth-order valence-corrected chi connectivity index (χ4v) is 5.61. The van der Waals surface area contributed by atoms with E-state index in [1.54, 1.807) is 0 Å². The van der Waals surface area contributed by atoms with Crippen molar-refractivity contribution in [2.24, 2.45) is 5.73 Å². The Morgan fingerprint density at radius 3 is 2.60 bits per heavy atom. The van der Waals surface area contributed by atoms with Crippen molar-refractivity contribution < 1.29 is 0 Å². The summed E-state index contributed by atoms with van der Waals surface area (Å²) in [5, 5.41) is 2.85. The molecule has 108 valence electrons. The van der Waals surface area contributed by atoms with Crippen LogP contribution in [0.15, 0.2) is 24.3 Å². The van der Waals surface area contributed by atoms with Crippen LogP contribution >= 0.6 is 23.1 Å². The number of hydrogen-bond acceptors (Lipinski definition) is 4. The lowest BCUT2D eigenvalue weighted by Gasteiger charge is -2.34. The van der Waals surface area contributed by atoms with Gasteiger partial charge in [0.15, 0.2) is 0 Å². The number of rotatable bonds is 3. The number of thiophene rings is 1. The fourth-order valence-electron chi connectivity index (χ4n) is 3.12. The molecule has 1 aliphatic rings. The van der Waals surface area contributed by atoms with Crippen LogP contribution in [0.1, 0.15) is 24.3 Å². The van der Waals surface area contributed by atoms with Crippen molar-refractivity contribution >= 4 is 33.2 Å². The lowest BCUT2D eigenvalue weighted by atomic mass is 10.1. The first-order chi connectivity index (χ1) is 9.67. The molecule has 1 saturated heterocycles. The van der Waals surface area contributed by atoms with E-state index in [9.17, 15) is 0 Å². The highest BCUT2D eigenvalue weighted by Crippen LogP contribution is 2.33. The Morgan fingerprint density at radius 2 is 1.90 bits per heavy atom. The van der Waals surface area contributed by atoms with Crippen LogP contribution < -0.4 is 5.73 Å². The van der Waals surface area contributed by atoms with Gasteiger partial charge in [-0.25, -0.2) is 0 Å². The monoisotopic (exact) mass is 306 g/mol. The topological polar surface area (TPSA) is 29.3 Å². The van der Waals surface area contributed by atoms with Gasteiger partial charge in [-0.2, -0.15) is 11.8 Å². The van der Waals surface area contributed by atoms with E-state index in [0.717, 1.165) is 17.0 Å². The van der Waals surface area contributed by atoms with E-state index in [1.807, 2.05) is 11.3 Å². The molecule has 2 unspecified atom stereocenters. The molecule has 1 aromatic carbocycles.